The molecule has 0 bridgehead atoms. The van der Waals surface area contributed by atoms with Gasteiger partial charge in [-0.05, 0) is 28.3 Å². The Bertz CT molecular complexity index is 642. The van der Waals surface area contributed by atoms with E-state index in [0.29, 0.717) is 6.61 Å². The minimum atomic E-state index is -2.49. The average Bonchev–Trinajstić information content (AvgIpc) is 3.11. The summed E-state index contributed by atoms with van der Waals surface area (Å²) in [5.74, 6) is 0. The van der Waals surface area contributed by atoms with Gasteiger partial charge in [0.2, 0.25) is 0 Å². The van der Waals surface area contributed by atoms with E-state index in [0.717, 1.165) is 12.8 Å². The van der Waals surface area contributed by atoms with Gasteiger partial charge < -0.3 is 14.3 Å². The summed E-state index contributed by atoms with van der Waals surface area (Å²) in [5, 5.41) is 11.9. The first-order valence-electron chi connectivity index (χ1n) is 9.48. The Hall–Kier alpha value is -1.46. The van der Waals surface area contributed by atoms with Crippen LogP contribution in [0.2, 0.25) is 5.04 Å². The average molecular weight is 371 g/mol. The molecular weight excluding hydrogens is 340 g/mol. The van der Waals surface area contributed by atoms with Gasteiger partial charge >= 0.3 is 0 Å². The summed E-state index contributed by atoms with van der Waals surface area (Å²) in [4.78, 5) is 0. The van der Waals surface area contributed by atoms with E-state index < -0.39 is 8.32 Å². The molecule has 0 amide bonds. The number of rotatable bonds is 6. The molecule has 1 heterocycles. The fourth-order valence-corrected chi connectivity index (χ4v) is 8.61. The number of ether oxygens (including phenoxy) is 1. The van der Waals surface area contributed by atoms with Gasteiger partial charge in [-0.15, -0.1) is 0 Å². The van der Waals surface area contributed by atoms with Crippen molar-refractivity contribution in [3.05, 3.63) is 60.7 Å². The van der Waals surface area contributed by atoms with Gasteiger partial charge in [0.25, 0.3) is 8.32 Å². The summed E-state index contributed by atoms with van der Waals surface area (Å²) in [6.45, 7) is 7.52. The van der Waals surface area contributed by atoms with Crippen LogP contribution in [-0.2, 0) is 9.16 Å². The molecule has 0 radical (unpaired) electrons. The molecule has 4 heteroatoms. The molecule has 0 aliphatic carbocycles. The van der Waals surface area contributed by atoms with Crippen LogP contribution in [0.25, 0.3) is 0 Å². The fourth-order valence-electron chi connectivity index (χ4n) is 4.02. The van der Waals surface area contributed by atoms with Crippen LogP contribution in [0.3, 0.4) is 0 Å². The largest absolute Gasteiger partial charge is 0.405 e. The van der Waals surface area contributed by atoms with E-state index in [9.17, 15) is 5.11 Å². The maximum atomic E-state index is 9.34. The van der Waals surface area contributed by atoms with Crippen molar-refractivity contribution in [3.8, 4) is 0 Å². The summed E-state index contributed by atoms with van der Waals surface area (Å²) in [6, 6.07) is 21.3. The first kappa shape index (κ1) is 19.3. The van der Waals surface area contributed by atoms with Crippen molar-refractivity contribution in [2.75, 3.05) is 13.2 Å². The van der Waals surface area contributed by atoms with Gasteiger partial charge in [0, 0.05) is 0 Å². The van der Waals surface area contributed by atoms with Gasteiger partial charge in [-0.25, -0.2) is 0 Å². The van der Waals surface area contributed by atoms with E-state index in [-0.39, 0.29) is 23.9 Å². The molecule has 1 aliphatic heterocycles. The summed E-state index contributed by atoms with van der Waals surface area (Å²) in [7, 11) is -2.49. The zero-order chi connectivity index (χ0) is 18.6. The molecule has 3 nitrogen and oxygen atoms in total. The lowest BCUT2D eigenvalue weighted by Gasteiger charge is -2.43. The highest BCUT2D eigenvalue weighted by Crippen LogP contribution is 2.37. The van der Waals surface area contributed by atoms with Crippen LogP contribution in [0.4, 0.5) is 0 Å². The van der Waals surface area contributed by atoms with Crippen molar-refractivity contribution in [1.29, 1.82) is 0 Å². The zero-order valence-electron chi connectivity index (χ0n) is 16.0. The summed E-state index contributed by atoms with van der Waals surface area (Å²) in [6.07, 6.45) is 1.88. The van der Waals surface area contributed by atoms with Crippen molar-refractivity contribution >= 4 is 18.7 Å². The third-order valence-electron chi connectivity index (χ3n) is 5.30. The molecule has 1 fully saturated rings. The molecule has 1 saturated heterocycles. The van der Waals surface area contributed by atoms with Crippen LogP contribution < -0.4 is 10.4 Å². The second kappa shape index (κ2) is 8.05. The summed E-state index contributed by atoms with van der Waals surface area (Å²) >= 11 is 0. The van der Waals surface area contributed by atoms with Gasteiger partial charge in [-0.1, -0.05) is 81.4 Å². The van der Waals surface area contributed by atoms with Crippen LogP contribution in [0.1, 0.15) is 33.6 Å². The molecule has 2 aromatic rings. The van der Waals surface area contributed by atoms with E-state index in [1.54, 1.807) is 0 Å². The molecule has 140 valence electrons. The van der Waals surface area contributed by atoms with Gasteiger partial charge in [-0.3, -0.25) is 0 Å². The lowest BCUT2D eigenvalue weighted by atomic mass is 10.2. The fraction of sp³-hybridized carbons (Fsp3) is 0.455. The van der Waals surface area contributed by atoms with Gasteiger partial charge in [0.15, 0.2) is 0 Å². The quantitative estimate of drug-likeness (QED) is 0.794. The standard InChI is InChI=1S/C22H30O3Si/c1-22(2,3)26(20-10-6-4-7-11-20,21-12-8-5-9-13-21)24-17-19-15-14-18(16-23)25-19/h4-13,18-19,23H,14-17H2,1-3H3/t18-,19-/m1/s1. The van der Waals surface area contributed by atoms with Crippen molar-refractivity contribution in [2.24, 2.45) is 0 Å². The van der Waals surface area contributed by atoms with Crippen LogP contribution in [0, 0.1) is 0 Å². The molecule has 0 aromatic heterocycles. The Balaban J connectivity index is 1.98. The number of hydrogen-bond acceptors (Lipinski definition) is 3. The van der Waals surface area contributed by atoms with Crippen LogP contribution in [0.5, 0.6) is 0 Å². The highest BCUT2D eigenvalue weighted by Gasteiger charge is 2.50. The highest BCUT2D eigenvalue weighted by atomic mass is 28.4. The predicted molar refractivity (Wildman–Crippen MR) is 109 cm³/mol. The minimum Gasteiger partial charge on any atom is -0.405 e. The summed E-state index contributed by atoms with van der Waals surface area (Å²) in [5.41, 5.74) is 0. The smallest absolute Gasteiger partial charge is 0.261 e. The number of benzene rings is 2. The van der Waals surface area contributed by atoms with Gasteiger partial charge in [0.05, 0.1) is 25.4 Å². The monoisotopic (exact) mass is 370 g/mol. The van der Waals surface area contributed by atoms with Crippen molar-refractivity contribution in [1.82, 2.24) is 0 Å². The normalized spacial score (nSPS) is 21.1. The van der Waals surface area contributed by atoms with Gasteiger partial charge in [-0.2, -0.15) is 0 Å². The zero-order valence-corrected chi connectivity index (χ0v) is 17.0. The van der Waals surface area contributed by atoms with Crippen molar-refractivity contribution in [3.63, 3.8) is 0 Å². The molecule has 0 saturated carbocycles. The Kier molecular flexibility index (Phi) is 5.98. The van der Waals surface area contributed by atoms with E-state index in [2.05, 4.69) is 81.4 Å². The second-order valence-electron chi connectivity index (χ2n) is 8.11. The highest BCUT2D eigenvalue weighted by molar-refractivity contribution is 6.99. The number of aliphatic hydroxyl groups is 1. The maximum absolute atomic E-state index is 9.34. The SMILES string of the molecule is CC(C)(C)[Si](OC[C@H]1CC[C@H](CO)O1)(c1ccccc1)c1ccccc1. The topological polar surface area (TPSA) is 38.7 Å². The molecule has 26 heavy (non-hydrogen) atoms. The first-order chi connectivity index (χ1) is 12.5. The Morgan fingerprint density at radius 3 is 1.85 bits per heavy atom. The van der Waals surface area contributed by atoms with Crippen LogP contribution in [-0.4, -0.2) is 38.8 Å². The molecule has 0 unspecified atom stereocenters. The summed E-state index contributed by atoms with van der Waals surface area (Å²) < 4.78 is 12.8. The first-order valence-corrected chi connectivity index (χ1v) is 11.4. The van der Waals surface area contributed by atoms with E-state index in [4.69, 9.17) is 9.16 Å². The third-order valence-corrected chi connectivity index (χ3v) is 10.3. The third kappa shape index (κ3) is 3.79. The van der Waals surface area contributed by atoms with Crippen LogP contribution in [0.15, 0.2) is 60.7 Å². The number of hydrogen-bond donors (Lipinski definition) is 1. The Labute approximate surface area is 158 Å². The predicted octanol–water partition coefficient (Wildman–Crippen LogP) is 3.10. The molecule has 3 rings (SSSR count). The van der Waals surface area contributed by atoms with Gasteiger partial charge in [0.1, 0.15) is 0 Å². The second-order valence-corrected chi connectivity index (χ2v) is 12.4. The van der Waals surface area contributed by atoms with E-state index in [1.165, 1.54) is 10.4 Å². The number of aliphatic hydroxyl groups excluding tert-OH is 1. The lowest BCUT2D eigenvalue weighted by Crippen LogP contribution is -2.67. The minimum absolute atomic E-state index is 0.0231. The van der Waals surface area contributed by atoms with Crippen LogP contribution >= 0.6 is 0 Å². The van der Waals surface area contributed by atoms with E-state index >= 15 is 0 Å². The lowest BCUT2D eigenvalue weighted by molar-refractivity contribution is -0.00885. The Morgan fingerprint density at radius 2 is 1.42 bits per heavy atom. The Morgan fingerprint density at radius 1 is 0.923 bits per heavy atom. The van der Waals surface area contributed by atoms with Crippen molar-refractivity contribution in [2.45, 2.75) is 50.9 Å². The van der Waals surface area contributed by atoms with Crippen molar-refractivity contribution < 1.29 is 14.3 Å². The molecule has 1 N–H and O–H groups in total. The van der Waals surface area contributed by atoms with E-state index in [1.807, 2.05) is 0 Å². The molecule has 0 spiro atoms. The molecule has 2 atom stereocenters. The molecule has 2 aromatic carbocycles. The maximum Gasteiger partial charge on any atom is 0.261 e. The molecular formula is C22H30O3Si. The molecule has 1 aliphatic rings.